The Morgan fingerprint density at radius 2 is 1.72 bits per heavy atom. The molecule has 43 heavy (non-hydrogen) atoms. The fraction of sp³-hybridized carbons (Fsp3) is 0.0909. The van der Waals surface area contributed by atoms with Crippen LogP contribution in [0.3, 0.4) is 0 Å². The zero-order valence-electron chi connectivity index (χ0n) is 23.2. The van der Waals surface area contributed by atoms with Crippen molar-refractivity contribution >= 4 is 34.1 Å². The molecule has 0 saturated carbocycles. The fourth-order valence-corrected chi connectivity index (χ4v) is 4.68. The summed E-state index contributed by atoms with van der Waals surface area (Å²) in [6.45, 7) is 0.148. The van der Waals surface area contributed by atoms with Gasteiger partial charge in [0.05, 0.1) is 42.3 Å². The van der Waals surface area contributed by atoms with E-state index in [9.17, 15) is 14.7 Å². The molecule has 0 unspecified atom stereocenters. The molecule has 0 fully saturated rings. The van der Waals surface area contributed by atoms with E-state index in [0.717, 1.165) is 5.39 Å². The van der Waals surface area contributed by atoms with Gasteiger partial charge in [-0.15, -0.1) is 0 Å². The second kappa shape index (κ2) is 11.5. The van der Waals surface area contributed by atoms with Crippen molar-refractivity contribution in [3.05, 3.63) is 118 Å². The minimum atomic E-state index is -1.01. The average Bonchev–Trinajstić information content (AvgIpc) is 3.48. The van der Waals surface area contributed by atoms with Gasteiger partial charge in [0, 0.05) is 0 Å². The van der Waals surface area contributed by atoms with E-state index in [4.69, 9.17) is 23.6 Å². The summed E-state index contributed by atoms with van der Waals surface area (Å²) in [5.74, 6) is 1.11. The highest BCUT2D eigenvalue weighted by Crippen LogP contribution is 2.33. The van der Waals surface area contributed by atoms with Crippen molar-refractivity contribution in [1.29, 1.82) is 0 Å². The highest BCUT2D eigenvalue weighted by molar-refractivity contribution is 5.89. The standard InChI is InChI=1S/C33H25N3O7/c1-40-26-11-6-12-27-24(26)17-30(43-27)31-35-25-10-4-3-9-23(25)32(37)36(31)34-18-20-13-14-28(29(16-20)41-2)42-19-21-7-5-8-22(15-21)33(38)39/h3-18H,19H2,1-2H3,(H,38,39). The van der Waals surface area contributed by atoms with E-state index in [0.29, 0.717) is 50.6 Å². The van der Waals surface area contributed by atoms with Gasteiger partial charge in [0.15, 0.2) is 17.3 Å². The van der Waals surface area contributed by atoms with Crippen LogP contribution in [0.5, 0.6) is 17.2 Å². The van der Waals surface area contributed by atoms with Crippen molar-refractivity contribution in [1.82, 2.24) is 9.66 Å². The van der Waals surface area contributed by atoms with Gasteiger partial charge in [0.25, 0.3) is 5.56 Å². The Balaban J connectivity index is 1.35. The fourth-order valence-electron chi connectivity index (χ4n) is 4.68. The highest BCUT2D eigenvalue weighted by Gasteiger charge is 2.18. The lowest BCUT2D eigenvalue weighted by Gasteiger charge is -2.12. The number of rotatable bonds is 9. The molecule has 10 nitrogen and oxygen atoms in total. The highest BCUT2D eigenvalue weighted by atomic mass is 16.5. The molecule has 4 aromatic carbocycles. The predicted octanol–water partition coefficient (Wildman–Crippen LogP) is 5.99. The lowest BCUT2D eigenvalue weighted by molar-refractivity contribution is 0.0696. The van der Waals surface area contributed by atoms with Gasteiger partial charge in [-0.25, -0.2) is 9.78 Å². The van der Waals surface area contributed by atoms with Crippen LogP contribution >= 0.6 is 0 Å². The summed E-state index contributed by atoms with van der Waals surface area (Å²) in [6.07, 6.45) is 1.52. The van der Waals surface area contributed by atoms with Crippen molar-refractivity contribution in [2.45, 2.75) is 6.61 Å². The second-order valence-electron chi connectivity index (χ2n) is 9.50. The van der Waals surface area contributed by atoms with Gasteiger partial charge >= 0.3 is 5.97 Å². The van der Waals surface area contributed by atoms with Crippen LogP contribution in [0, 0.1) is 0 Å². The Labute approximate surface area is 245 Å². The summed E-state index contributed by atoms with van der Waals surface area (Å²) < 4.78 is 24.2. The molecule has 0 radical (unpaired) electrons. The summed E-state index contributed by atoms with van der Waals surface area (Å²) in [4.78, 5) is 29.6. The van der Waals surface area contributed by atoms with Gasteiger partial charge in [0.1, 0.15) is 17.9 Å². The number of furan rings is 1. The number of benzene rings is 4. The molecule has 0 amide bonds. The molecule has 0 aliphatic rings. The Morgan fingerprint density at radius 1 is 0.907 bits per heavy atom. The van der Waals surface area contributed by atoms with Gasteiger partial charge in [0.2, 0.25) is 5.82 Å². The van der Waals surface area contributed by atoms with Gasteiger partial charge in [-0.3, -0.25) is 4.79 Å². The maximum atomic E-state index is 13.6. The number of fused-ring (bicyclic) bond motifs is 2. The molecular weight excluding hydrogens is 550 g/mol. The Bertz CT molecular complexity index is 2080. The van der Waals surface area contributed by atoms with Gasteiger partial charge in [-0.2, -0.15) is 9.78 Å². The number of hydrogen-bond donors (Lipinski definition) is 1. The third kappa shape index (κ3) is 5.41. The van der Waals surface area contributed by atoms with Crippen LogP contribution in [0.1, 0.15) is 21.5 Å². The lowest BCUT2D eigenvalue weighted by Crippen LogP contribution is -2.20. The van der Waals surface area contributed by atoms with Crippen LogP contribution < -0.4 is 19.8 Å². The molecule has 10 heteroatoms. The summed E-state index contributed by atoms with van der Waals surface area (Å²) in [5, 5.41) is 14.9. The monoisotopic (exact) mass is 575 g/mol. The summed E-state index contributed by atoms with van der Waals surface area (Å²) in [6, 6.07) is 26.0. The number of carboxylic acids is 1. The quantitative estimate of drug-likeness (QED) is 0.209. The maximum absolute atomic E-state index is 13.6. The largest absolute Gasteiger partial charge is 0.496 e. The van der Waals surface area contributed by atoms with Gasteiger partial charge in [-0.05, 0) is 71.8 Å². The van der Waals surface area contributed by atoms with Crippen LogP contribution in [-0.4, -0.2) is 41.2 Å². The van der Waals surface area contributed by atoms with Crippen LogP contribution in [0.4, 0.5) is 0 Å². The molecule has 0 spiro atoms. The summed E-state index contributed by atoms with van der Waals surface area (Å²) >= 11 is 0. The van der Waals surface area contributed by atoms with Crippen molar-refractivity contribution in [3.8, 4) is 28.8 Å². The zero-order valence-corrected chi connectivity index (χ0v) is 23.2. The third-order valence-electron chi connectivity index (χ3n) is 6.79. The van der Waals surface area contributed by atoms with E-state index in [-0.39, 0.29) is 23.6 Å². The molecule has 0 aliphatic heterocycles. The first-order valence-corrected chi connectivity index (χ1v) is 13.2. The van der Waals surface area contributed by atoms with Crippen molar-refractivity contribution in [2.75, 3.05) is 14.2 Å². The van der Waals surface area contributed by atoms with E-state index < -0.39 is 5.97 Å². The number of nitrogens with zero attached hydrogens (tertiary/aromatic N) is 3. The summed E-state index contributed by atoms with van der Waals surface area (Å²) in [5.41, 5.74) is 2.25. The number of para-hydroxylation sites is 1. The Kier molecular flexibility index (Phi) is 7.32. The van der Waals surface area contributed by atoms with E-state index in [1.807, 2.05) is 24.3 Å². The number of carboxylic acid groups (broad SMARTS) is 1. The SMILES string of the molecule is COc1cc(C=Nn2c(-c3cc4c(OC)cccc4o3)nc3ccccc3c2=O)ccc1OCc1cccc(C(=O)O)c1. The first-order valence-electron chi connectivity index (χ1n) is 13.2. The molecule has 6 aromatic rings. The predicted molar refractivity (Wildman–Crippen MR) is 161 cm³/mol. The third-order valence-corrected chi connectivity index (χ3v) is 6.79. The topological polar surface area (TPSA) is 125 Å². The number of aromatic carboxylic acids is 1. The first-order chi connectivity index (χ1) is 20.9. The van der Waals surface area contributed by atoms with Gasteiger partial charge in [-0.1, -0.05) is 30.3 Å². The molecular formula is C33H25N3O7. The first kappa shape index (κ1) is 27.3. The summed E-state index contributed by atoms with van der Waals surface area (Å²) in [7, 11) is 3.09. The number of methoxy groups -OCH3 is 2. The van der Waals surface area contributed by atoms with E-state index >= 15 is 0 Å². The molecule has 6 rings (SSSR count). The minimum Gasteiger partial charge on any atom is -0.496 e. The Hall–Kier alpha value is -5.90. The Morgan fingerprint density at radius 3 is 2.53 bits per heavy atom. The normalized spacial score (nSPS) is 11.3. The maximum Gasteiger partial charge on any atom is 0.335 e. The van der Waals surface area contributed by atoms with E-state index in [1.165, 1.54) is 24.1 Å². The number of hydrogen-bond acceptors (Lipinski definition) is 8. The van der Waals surface area contributed by atoms with Crippen LogP contribution in [0.15, 0.2) is 105 Å². The molecule has 0 atom stereocenters. The van der Waals surface area contributed by atoms with Crippen molar-refractivity contribution < 1.29 is 28.5 Å². The molecule has 2 aromatic heterocycles. The molecule has 1 N–H and O–H groups in total. The van der Waals surface area contributed by atoms with E-state index in [2.05, 4.69) is 5.10 Å². The van der Waals surface area contributed by atoms with Crippen molar-refractivity contribution in [3.63, 3.8) is 0 Å². The molecule has 214 valence electrons. The lowest BCUT2D eigenvalue weighted by atomic mass is 10.1. The van der Waals surface area contributed by atoms with Crippen molar-refractivity contribution in [2.24, 2.45) is 5.10 Å². The smallest absolute Gasteiger partial charge is 0.335 e. The molecule has 0 saturated heterocycles. The second-order valence-corrected chi connectivity index (χ2v) is 9.50. The number of carbonyl (C=O) groups is 1. The van der Waals surface area contributed by atoms with E-state index in [1.54, 1.807) is 67.8 Å². The average molecular weight is 576 g/mol. The van der Waals surface area contributed by atoms with Crippen LogP contribution in [0.25, 0.3) is 33.5 Å². The molecule has 2 heterocycles. The van der Waals surface area contributed by atoms with Gasteiger partial charge < -0.3 is 23.7 Å². The number of ether oxygens (including phenoxy) is 3. The van der Waals surface area contributed by atoms with Crippen LogP contribution in [0.2, 0.25) is 0 Å². The molecule has 0 bridgehead atoms. The number of aromatic nitrogens is 2. The van der Waals surface area contributed by atoms with Crippen LogP contribution in [-0.2, 0) is 6.61 Å². The minimum absolute atomic E-state index is 0.148. The molecule has 0 aliphatic carbocycles. The zero-order chi connectivity index (χ0) is 29.9.